The second kappa shape index (κ2) is 6.95. The van der Waals surface area contributed by atoms with E-state index in [-0.39, 0.29) is 17.9 Å². The lowest BCUT2D eigenvalue weighted by molar-refractivity contribution is -0.120. The van der Waals surface area contributed by atoms with E-state index >= 15 is 0 Å². The van der Waals surface area contributed by atoms with Gasteiger partial charge in [0.1, 0.15) is 11.8 Å². The molecule has 1 aromatic carbocycles. The van der Waals surface area contributed by atoms with E-state index in [0.717, 1.165) is 15.4 Å². The highest BCUT2D eigenvalue weighted by molar-refractivity contribution is 7.87. The number of hydrogen-bond acceptors (Lipinski definition) is 5. The quantitative estimate of drug-likeness (QED) is 0.672. The number of rotatable bonds is 3. The maximum absolute atomic E-state index is 12.8. The number of anilines is 1. The summed E-state index contributed by atoms with van der Waals surface area (Å²) >= 11 is 0. The number of amides is 1. The first-order valence-corrected chi connectivity index (χ1v) is 9.88. The first-order valence-electron chi connectivity index (χ1n) is 8.44. The van der Waals surface area contributed by atoms with Crippen molar-refractivity contribution in [3.05, 3.63) is 41.2 Å². The van der Waals surface area contributed by atoms with Crippen LogP contribution in [0.1, 0.15) is 29.3 Å². The van der Waals surface area contributed by atoms with Crippen LogP contribution in [-0.2, 0) is 22.1 Å². The number of benzene rings is 1. The maximum atomic E-state index is 12.8. The number of phenolic OH excluding ortho intramolecular Hbond substituents is 1. The molecule has 3 N–H and O–H groups in total. The number of aryl methyl sites for hydroxylation is 3. The van der Waals surface area contributed by atoms with E-state index < -0.39 is 28.2 Å². The van der Waals surface area contributed by atoms with Gasteiger partial charge in [-0.3, -0.25) is 9.48 Å². The van der Waals surface area contributed by atoms with E-state index in [0.29, 0.717) is 5.69 Å². The predicted octanol–water partition coefficient (Wildman–Crippen LogP) is 0.961. The van der Waals surface area contributed by atoms with Crippen LogP contribution in [-0.4, -0.2) is 46.6 Å². The Morgan fingerprint density at radius 1 is 1.33 bits per heavy atom. The Bertz CT molecular complexity index is 985. The Labute approximate surface area is 158 Å². The minimum atomic E-state index is -3.85. The lowest BCUT2D eigenvalue weighted by Crippen LogP contribution is -2.56. The van der Waals surface area contributed by atoms with Crippen molar-refractivity contribution in [1.29, 1.82) is 0 Å². The minimum Gasteiger partial charge on any atom is -0.506 e. The second-order valence-electron chi connectivity index (χ2n) is 6.80. The molecule has 1 saturated heterocycles. The van der Waals surface area contributed by atoms with Crippen molar-refractivity contribution in [2.24, 2.45) is 7.05 Å². The largest absolute Gasteiger partial charge is 0.506 e. The molecular formula is C17H23N5O4S. The van der Waals surface area contributed by atoms with Crippen molar-refractivity contribution in [3.63, 3.8) is 0 Å². The van der Waals surface area contributed by atoms with Gasteiger partial charge in [0.2, 0.25) is 5.91 Å². The fourth-order valence-corrected chi connectivity index (χ4v) is 4.50. The Morgan fingerprint density at radius 2 is 2.04 bits per heavy atom. The van der Waals surface area contributed by atoms with Crippen LogP contribution < -0.4 is 10.0 Å². The van der Waals surface area contributed by atoms with Crippen molar-refractivity contribution in [2.75, 3.05) is 12.4 Å². The van der Waals surface area contributed by atoms with Crippen LogP contribution in [0, 0.1) is 13.8 Å². The Kier molecular flexibility index (Phi) is 4.98. The molecule has 3 rings (SSSR count). The Morgan fingerprint density at radius 3 is 2.67 bits per heavy atom. The van der Waals surface area contributed by atoms with Crippen molar-refractivity contribution in [2.45, 2.75) is 32.4 Å². The molecule has 1 fully saturated rings. The molecule has 2 heterocycles. The molecule has 1 aliphatic heterocycles. The van der Waals surface area contributed by atoms with Crippen LogP contribution in [0.3, 0.4) is 0 Å². The monoisotopic (exact) mass is 393 g/mol. The highest BCUT2D eigenvalue weighted by Crippen LogP contribution is 2.31. The summed E-state index contributed by atoms with van der Waals surface area (Å²) in [7, 11) is -0.737. The van der Waals surface area contributed by atoms with Crippen molar-refractivity contribution >= 4 is 21.8 Å². The van der Waals surface area contributed by atoms with E-state index in [1.54, 1.807) is 37.0 Å². The topological polar surface area (TPSA) is 117 Å². The Balaban J connectivity index is 1.89. The van der Waals surface area contributed by atoms with Gasteiger partial charge in [-0.05, 0) is 38.0 Å². The molecule has 0 unspecified atom stereocenters. The van der Waals surface area contributed by atoms with E-state index in [2.05, 4.69) is 15.1 Å². The summed E-state index contributed by atoms with van der Waals surface area (Å²) in [6.45, 7) is 3.62. The molecule has 0 bridgehead atoms. The van der Waals surface area contributed by atoms with Gasteiger partial charge in [0, 0.05) is 25.9 Å². The maximum Gasteiger partial charge on any atom is 0.280 e. The van der Waals surface area contributed by atoms with Gasteiger partial charge in [0.25, 0.3) is 10.2 Å². The van der Waals surface area contributed by atoms with Crippen molar-refractivity contribution in [1.82, 2.24) is 18.8 Å². The van der Waals surface area contributed by atoms with Gasteiger partial charge in [-0.15, -0.1) is 0 Å². The molecule has 1 aliphatic rings. The number of hydrogen-bond donors (Lipinski definition) is 3. The van der Waals surface area contributed by atoms with E-state index in [1.807, 2.05) is 6.92 Å². The molecule has 0 aliphatic carbocycles. The molecule has 0 spiro atoms. The number of likely N-dealkylation sites (N-methyl/N-ethyl adjacent to an activating group) is 1. The van der Waals surface area contributed by atoms with Crippen LogP contribution in [0.4, 0.5) is 5.69 Å². The average molecular weight is 393 g/mol. The number of carbonyl (C=O) groups is 1. The molecule has 0 saturated carbocycles. The molecule has 2 atom stereocenters. The van der Waals surface area contributed by atoms with E-state index in [4.69, 9.17) is 0 Å². The van der Waals surface area contributed by atoms with E-state index in [1.165, 1.54) is 13.1 Å². The number of carbonyl (C=O) groups excluding carboxylic acids is 1. The zero-order chi connectivity index (χ0) is 19.9. The summed E-state index contributed by atoms with van der Waals surface area (Å²) in [5, 5.41) is 16.8. The van der Waals surface area contributed by atoms with Crippen molar-refractivity contribution < 1.29 is 18.3 Å². The fourth-order valence-electron chi connectivity index (χ4n) is 3.24. The van der Waals surface area contributed by atoms with E-state index in [9.17, 15) is 18.3 Å². The normalized spacial score (nSPS) is 22.5. The SMILES string of the molecule is Cc1ccc(O)c(NC(=O)[C@@H]2C[C@H](c3cn(C)nc3C)NS(=O)(=O)N2C)c1. The number of aromatic hydroxyl groups is 1. The molecule has 1 aromatic heterocycles. The van der Waals surface area contributed by atoms with Gasteiger partial charge >= 0.3 is 0 Å². The molecule has 0 radical (unpaired) electrons. The molecule has 146 valence electrons. The zero-order valence-corrected chi connectivity index (χ0v) is 16.4. The van der Waals surface area contributed by atoms with Crippen LogP contribution in [0.2, 0.25) is 0 Å². The molecule has 10 heteroatoms. The lowest BCUT2D eigenvalue weighted by Gasteiger charge is -2.36. The summed E-state index contributed by atoms with van der Waals surface area (Å²) in [6, 6.07) is 3.33. The lowest BCUT2D eigenvalue weighted by atomic mass is 10.00. The zero-order valence-electron chi connectivity index (χ0n) is 15.6. The summed E-state index contributed by atoms with van der Waals surface area (Å²) < 4.78 is 30.3. The third-order valence-corrected chi connectivity index (χ3v) is 6.30. The fraction of sp³-hybridized carbons (Fsp3) is 0.412. The van der Waals surface area contributed by atoms with Crippen LogP contribution in [0.5, 0.6) is 5.75 Å². The Hall–Kier alpha value is -2.43. The van der Waals surface area contributed by atoms with Gasteiger partial charge in [0.05, 0.1) is 17.4 Å². The predicted molar refractivity (Wildman–Crippen MR) is 100 cm³/mol. The first-order chi connectivity index (χ1) is 12.6. The summed E-state index contributed by atoms with van der Waals surface area (Å²) in [5.74, 6) is -0.580. The van der Waals surface area contributed by atoms with Crippen LogP contribution in [0.15, 0.2) is 24.4 Å². The summed E-state index contributed by atoms with van der Waals surface area (Å²) in [4.78, 5) is 12.8. The molecule has 9 nitrogen and oxygen atoms in total. The van der Waals surface area contributed by atoms with Gasteiger partial charge in [-0.25, -0.2) is 0 Å². The van der Waals surface area contributed by atoms with Crippen molar-refractivity contribution in [3.8, 4) is 5.75 Å². The number of nitrogens with one attached hydrogen (secondary N) is 2. The van der Waals surface area contributed by atoms with Gasteiger partial charge < -0.3 is 10.4 Å². The molecular weight excluding hydrogens is 370 g/mol. The molecule has 1 amide bonds. The number of phenols is 1. The number of aromatic nitrogens is 2. The smallest absolute Gasteiger partial charge is 0.280 e. The summed E-state index contributed by atoms with van der Waals surface area (Å²) in [6.07, 6.45) is 1.98. The third kappa shape index (κ3) is 3.82. The second-order valence-corrected chi connectivity index (χ2v) is 8.56. The van der Waals surface area contributed by atoms with Gasteiger partial charge in [-0.1, -0.05) is 6.07 Å². The van der Waals surface area contributed by atoms with Gasteiger partial charge in [-0.2, -0.15) is 22.5 Å². The standard InChI is InChI=1S/C17H23N5O4S/c1-10-5-6-16(23)14(7-10)18-17(24)15-8-13(20-27(25,26)22(15)4)12-9-21(3)19-11(12)2/h5-7,9,13,15,20,23H,8H2,1-4H3,(H,18,24)/t13-,15+/m1/s1. The van der Waals surface area contributed by atoms with Crippen LogP contribution in [0.25, 0.3) is 0 Å². The third-order valence-electron chi connectivity index (χ3n) is 4.71. The average Bonchev–Trinajstić information content (AvgIpc) is 2.91. The van der Waals surface area contributed by atoms with Crippen LogP contribution >= 0.6 is 0 Å². The first kappa shape index (κ1) is 19.3. The molecule has 2 aromatic rings. The molecule has 27 heavy (non-hydrogen) atoms. The number of nitrogens with zero attached hydrogens (tertiary/aromatic N) is 3. The minimum absolute atomic E-state index is 0.0759. The highest BCUT2D eigenvalue weighted by atomic mass is 32.2. The van der Waals surface area contributed by atoms with Gasteiger partial charge in [0.15, 0.2) is 0 Å². The summed E-state index contributed by atoms with van der Waals surface area (Å²) in [5.41, 5.74) is 2.53. The highest BCUT2D eigenvalue weighted by Gasteiger charge is 2.41.